The van der Waals surface area contributed by atoms with E-state index in [-0.39, 0.29) is 5.91 Å². The smallest absolute Gasteiger partial charge is 0.228 e. The highest BCUT2D eigenvalue weighted by atomic mass is 35.5. The zero-order chi connectivity index (χ0) is 17.6. The number of hydrogen-bond donors (Lipinski definition) is 2. The van der Waals surface area contributed by atoms with Crippen LogP contribution in [0.2, 0.25) is 10.0 Å². The molecule has 0 aliphatic heterocycles. The molecule has 0 saturated heterocycles. The van der Waals surface area contributed by atoms with Gasteiger partial charge in [0.2, 0.25) is 5.91 Å². The third-order valence-corrected chi connectivity index (χ3v) is 3.83. The minimum Gasteiger partial charge on any atom is -0.340 e. The summed E-state index contributed by atoms with van der Waals surface area (Å²) in [6.07, 6.45) is 1.92. The molecule has 0 atom stereocenters. The van der Waals surface area contributed by atoms with Crippen LogP contribution in [0.25, 0.3) is 0 Å². The lowest BCUT2D eigenvalue weighted by Gasteiger charge is -2.09. The maximum Gasteiger partial charge on any atom is 0.228 e. The number of amides is 1. The number of pyridine rings is 1. The van der Waals surface area contributed by atoms with Crippen molar-refractivity contribution in [3.63, 3.8) is 0 Å². The maximum absolute atomic E-state index is 12.0. The van der Waals surface area contributed by atoms with Gasteiger partial charge in [-0.3, -0.25) is 4.79 Å². The summed E-state index contributed by atoms with van der Waals surface area (Å²) in [6.45, 7) is 0. The molecule has 6 heteroatoms. The van der Waals surface area contributed by atoms with Crippen LogP contribution in [-0.4, -0.2) is 10.9 Å². The van der Waals surface area contributed by atoms with E-state index in [9.17, 15) is 4.79 Å². The van der Waals surface area contributed by atoms with E-state index in [1.54, 1.807) is 36.5 Å². The van der Waals surface area contributed by atoms with Gasteiger partial charge in [-0.1, -0.05) is 53.5 Å². The van der Waals surface area contributed by atoms with Crippen molar-refractivity contribution in [2.75, 3.05) is 10.6 Å². The second-order valence-electron chi connectivity index (χ2n) is 5.43. The van der Waals surface area contributed by atoms with E-state index < -0.39 is 0 Å². The molecule has 1 heterocycles. The molecule has 0 aliphatic rings. The largest absolute Gasteiger partial charge is 0.340 e. The molecule has 0 saturated carbocycles. The van der Waals surface area contributed by atoms with Crippen molar-refractivity contribution >= 4 is 46.3 Å². The molecular weight excluding hydrogens is 357 g/mol. The average Bonchev–Trinajstić information content (AvgIpc) is 2.56. The number of nitrogens with zero attached hydrogens (tertiary/aromatic N) is 1. The van der Waals surface area contributed by atoms with Gasteiger partial charge in [-0.2, -0.15) is 0 Å². The van der Waals surface area contributed by atoms with Crippen LogP contribution in [0.15, 0.2) is 66.9 Å². The molecule has 126 valence electrons. The number of carbonyl (C=O) groups is 1. The van der Waals surface area contributed by atoms with Crippen LogP contribution in [-0.2, 0) is 11.2 Å². The topological polar surface area (TPSA) is 54.0 Å². The fraction of sp³-hybridized carbons (Fsp3) is 0.0526. The summed E-state index contributed by atoms with van der Waals surface area (Å²) in [5.74, 6) is 0.537. The van der Waals surface area contributed by atoms with Crippen molar-refractivity contribution in [1.29, 1.82) is 0 Å². The van der Waals surface area contributed by atoms with Crippen molar-refractivity contribution in [3.8, 4) is 0 Å². The molecule has 0 spiro atoms. The highest BCUT2D eigenvalue weighted by Crippen LogP contribution is 2.24. The summed E-state index contributed by atoms with van der Waals surface area (Å²) in [4.78, 5) is 16.3. The van der Waals surface area contributed by atoms with Gasteiger partial charge in [-0.25, -0.2) is 4.98 Å². The number of benzene rings is 2. The van der Waals surface area contributed by atoms with Gasteiger partial charge in [-0.15, -0.1) is 0 Å². The lowest BCUT2D eigenvalue weighted by Crippen LogP contribution is -2.14. The molecule has 3 rings (SSSR count). The van der Waals surface area contributed by atoms with E-state index in [4.69, 9.17) is 23.2 Å². The van der Waals surface area contributed by atoms with Crippen LogP contribution in [0.1, 0.15) is 5.56 Å². The van der Waals surface area contributed by atoms with Crippen LogP contribution in [0.3, 0.4) is 0 Å². The molecule has 0 aliphatic carbocycles. The van der Waals surface area contributed by atoms with Gasteiger partial charge in [-0.05, 0) is 35.9 Å². The average molecular weight is 372 g/mol. The second-order valence-corrected chi connectivity index (χ2v) is 6.30. The molecule has 0 unspecified atom stereocenters. The fourth-order valence-electron chi connectivity index (χ4n) is 2.30. The van der Waals surface area contributed by atoms with Gasteiger partial charge in [0, 0.05) is 15.7 Å². The van der Waals surface area contributed by atoms with Crippen LogP contribution >= 0.6 is 23.2 Å². The third kappa shape index (κ3) is 5.21. The monoisotopic (exact) mass is 371 g/mol. The van der Waals surface area contributed by atoms with E-state index in [2.05, 4.69) is 15.6 Å². The first-order valence-electron chi connectivity index (χ1n) is 7.61. The van der Waals surface area contributed by atoms with Crippen molar-refractivity contribution < 1.29 is 4.79 Å². The standard InChI is InChI=1S/C19H15Cl2N3O/c20-14-9-15(21)11-17(10-14)23-18-7-6-16(12-22-18)24-19(25)8-13-4-2-1-3-5-13/h1-7,9-12H,8H2,(H,22,23)(H,24,25). The van der Waals surface area contributed by atoms with E-state index in [1.165, 1.54) is 0 Å². The first-order chi connectivity index (χ1) is 12.1. The van der Waals surface area contributed by atoms with Gasteiger partial charge in [0.1, 0.15) is 5.82 Å². The highest BCUT2D eigenvalue weighted by molar-refractivity contribution is 6.35. The SMILES string of the molecule is O=C(Cc1ccccc1)Nc1ccc(Nc2cc(Cl)cc(Cl)c2)nc1. The van der Waals surface area contributed by atoms with Crippen molar-refractivity contribution in [2.45, 2.75) is 6.42 Å². The molecule has 0 bridgehead atoms. The zero-order valence-corrected chi connectivity index (χ0v) is 14.7. The summed E-state index contributed by atoms with van der Waals surface area (Å²) >= 11 is 11.9. The molecule has 1 aromatic heterocycles. The molecule has 2 aromatic carbocycles. The number of aromatic nitrogens is 1. The normalized spacial score (nSPS) is 10.3. The highest BCUT2D eigenvalue weighted by Gasteiger charge is 2.05. The zero-order valence-electron chi connectivity index (χ0n) is 13.2. The second kappa shape index (κ2) is 8.01. The fourth-order valence-corrected chi connectivity index (χ4v) is 2.83. The molecule has 0 fully saturated rings. The Hall–Kier alpha value is -2.56. The predicted octanol–water partition coefficient (Wildman–Crippen LogP) is 5.31. The Balaban J connectivity index is 1.61. The number of rotatable bonds is 5. The summed E-state index contributed by atoms with van der Waals surface area (Å²) in [5, 5.41) is 7.02. The predicted molar refractivity (Wildman–Crippen MR) is 103 cm³/mol. The summed E-state index contributed by atoms with van der Waals surface area (Å²) < 4.78 is 0. The third-order valence-electron chi connectivity index (χ3n) is 3.39. The van der Waals surface area contributed by atoms with Crippen LogP contribution in [0, 0.1) is 0 Å². The van der Waals surface area contributed by atoms with E-state index in [0.717, 1.165) is 11.3 Å². The Labute approximate surface area is 155 Å². The number of halogens is 2. The Morgan fingerprint density at radius 2 is 1.64 bits per heavy atom. The number of hydrogen-bond acceptors (Lipinski definition) is 3. The van der Waals surface area contributed by atoms with E-state index in [1.807, 2.05) is 30.3 Å². The van der Waals surface area contributed by atoms with Crippen LogP contribution < -0.4 is 10.6 Å². The quantitative estimate of drug-likeness (QED) is 0.638. The Kier molecular flexibility index (Phi) is 5.53. The number of carbonyl (C=O) groups excluding carboxylic acids is 1. The molecule has 25 heavy (non-hydrogen) atoms. The lowest BCUT2D eigenvalue weighted by molar-refractivity contribution is -0.115. The first kappa shape index (κ1) is 17.3. The van der Waals surface area contributed by atoms with Crippen molar-refractivity contribution in [1.82, 2.24) is 4.98 Å². The molecule has 2 N–H and O–H groups in total. The first-order valence-corrected chi connectivity index (χ1v) is 8.37. The minimum atomic E-state index is -0.0877. The molecule has 0 radical (unpaired) electrons. The van der Waals surface area contributed by atoms with E-state index >= 15 is 0 Å². The van der Waals surface area contributed by atoms with Crippen LogP contribution in [0.5, 0.6) is 0 Å². The van der Waals surface area contributed by atoms with Crippen LogP contribution in [0.4, 0.5) is 17.2 Å². The van der Waals surface area contributed by atoms with Crippen molar-refractivity contribution in [2.24, 2.45) is 0 Å². The summed E-state index contributed by atoms with van der Waals surface area (Å²) in [7, 11) is 0. The minimum absolute atomic E-state index is 0.0877. The van der Waals surface area contributed by atoms with E-state index in [0.29, 0.717) is 28.0 Å². The van der Waals surface area contributed by atoms with Gasteiger partial charge in [0.15, 0.2) is 0 Å². The number of anilines is 3. The van der Waals surface area contributed by atoms with Gasteiger partial charge >= 0.3 is 0 Å². The molecule has 3 aromatic rings. The summed E-state index contributed by atoms with van der Waals surface area (Å²) in [5.41, 5.74) is 2.34. The van der Waals surface area contributed by atoms with Crippen molar-refractivity contribution in [3.05, 3.63) is 82.5 Å². The Bertz CT molecular complexity index is 847. The van der Waals surface area contributed by atoms with Gasteiger partial charge < -0.3 is 10.6 Å². The molecule has 4 nitrogen and oxygen atoms in total. The maximum atomic E-state index is 12.0. The molecular formula is C19H15Cl2N3O. The lowest BCUT2D eigenvalue weighted by atomic mass is 10.1. The van der Waals surface area contributed by atoms with Gasteiger partial charge in [0.25, 0.3) is 0 Å². The molecule has 1 amide bonds. The van der Waals surface area contributed by atoms with Gasteiger partial charge in [0.05, 0.1) is 18.3 Å². The summed E-state index contributed by atoms with van der Waals surface area (Å²) in [6, 6.07) is 18.3. The Morgan fingerprint density at radius 3 is 2.28 bits per heavy atom. The Morgan fingerprint density at radius 1 is 0.920 bits per heavy atom. The number of nitrogens with one attached hydrogen (secondary N) is 2.